The number of halogens is 1. The molecule has 1 unspecified atom stereocenters. The second kappa shape index (κ2) is 9.89. The van der Waals surface area contributed by atoms with Gasteiger partial charge in [0, 0.05) is 17.1 Å². The first-order valence-electron chi connectivity index (χ1n) is 13.6. The molecule has 1 atom stereocenters. The highest BCUT2D eigenvalue weighted by atomic mass is 35.5. The number of amides is 2. The Morgan fingerprint density at radius 3 is 2.36 bits per heavy atom. The Morgan fingerprint density at radius 2 is 1.57 bits per heavy atom. The summed E-state index contributed by atoms with van der Waals surface area (Å²) in [5, 5.41) is 0.837. The molecule has 8 heteroatoms. The van der Waals surface area contributed by atoms with Crippen molar-refractivity contribution in [2.24, 2.45) is 0 Å². The highest BCUT2D eigenvalue weighted by molar-refractivity contribution is 6.31. The molecular formula is C34H25ClN2O5. The van der Waals surface area contributed by atoms with Crippen LogP contribution in [0.2, 0.25) is 5.02 Å². The standard InChI is InChI=1S/C34H25ClN2O5/c1-41-23-16-14-21(15-17-23)18-19-37-32(39)31-29(30(38)24-9-3-7-13-28(24)42-31)34(37)25-10-4-6-12-27(25)36(33(34)40)20-22-8-2-5-11-26(22)35/h2-17H,18-20H2,1H3. The van der Waals surface area contributed by atoms with E-state index in [9.17, 15) is 14.4 Å². The van der Waals surface area contributed by atoms with Crippen molar-refractivity contribution >= 4 is 40.1 Å². The van der Waals surface area contributed by atoms with Gasteiger partial charge >= 0.3 is 0 Å². The van der Waals surface area contributed by atoms with Gasteiger partial charge in [0.2, 0.25) is 5.76 Å². The Bertz CT molecular complexity index is 1950. The lowest BCUT2D eigenvalue weighted by Crippen LogP contribution is -2.53. The fourth-order valence-corrected chi connectivity index (χ4v) is 6.42. The van der Waals surface area contributed by atoms with Gasteiger partial charge in [0.25, 0.3) is 11.8 Å². The maximum Gasteiger partial charge on any atom is 0.291 e. The van der Waals surface area contributed by atoms with Gasteiger partial charge in [0.1, 0.15) is 11.3 Å². The van der Waals surface area contributed by atoms with E-state index in [2.05, 4.69) is 0 Å². The summed E-state index contributed by atoms with van der Waals surface area (Å²) < 4.78 is 11.4. The normalized spacial score (nSPS) is 17.3. The molecule has 0 bridgehead atoms. The first-order chi connectivity index (χ1) is 20.4. The van der Waals surface area contributed by atoms with E-state index in [4.69, 9.17) is 20.8 Å². The van der Waals surface area contributed by atoms with E-state index in [1.807, 2.05) is 66.7 Å². The summed E-state index contributed by atoms with van der Waals surface area (Å²) in [6.45, 7) is 0.344. The molecule has 2 amide bonds. The van der Waals surface area contributed by atoms with Crippen LogP contribution in [0.15, 0.2) is 106 Å². The Morgan fingerprint density at radius 1 is 0.857 bits per heavy atom. The number of carbonyl (C=O) groups is 2. The molecule has 0 aliphatic carbocycles. The van der Waals surface area contributed by atoms with Crippen LogP contribution in [0, 0.1) is 0 Å². The minimum Gasteiger partial charge on any atom is -0.497 e. The predicted octanol–water partition coefficient (Wildman–Crippen LogP) is 5.94. The first kappa shape index (κ1) is 26.0. The van der Waals surface area contributed by atoms with Crippen LogP contribution in [0.3, 0.4) is 0 Å². The van der Waals surface area contributed by atoms with Gasteiger partial charge in [0.05, 0.1) is 30.3 Å². The van der Waals surface area contributed by atoms with Crippen LogP contribution in [0.4, 0.5) is 5.69 Å². The Labute approximate surface area is 246 Å². The molecule has 1 spiro atoms. The average Bonchev–Trinajstić information content (AvgIpc) is 3.41. The van der Waals surface area contributed by atoms with Crippen LogP contribution in [0.1, 0.15) is 32.8 Å². The molecule has 208 valence electrons. The fraction of sp³-hybridized carbons (Fsp3) is 0.147. The van der Waals surface area contributed by atoms with Crippen molar-refractivity contribution in [3.63, 3.8) is 0 Å². The number of rotatable bonds is 6. The zero-order valence-corrected chi connectivity index (χ0v) is 23.4. The molecule has 0 fully saturated rings. The maximum atomic E-state index is 14.9. The Balaban J connectivity index is 1.43. The van der Waals surface area contributed by atoms with Crippen LogP contribution >= 0.6 is 11.6 Å². The van der Waals surface area contributed by atoms with Crippen molar-refractivity contribution in [1.29, 1.82) is 0 Å². The van der Waals surface area contributed by atoms with E-state index < -0.39 is 22.8 Å². The molecule has 7 nitrogen and oxygen atoms in total. The lowest BCUT2D eigenvalue weighted by Gasteiger charge is -2.34. The molecule has 3 heterocycles. The minimum absolute atomic E-state index is 0.0556. The van der Waals surface area contributed by atoms with Crippen molar-refractivity contribution in [3.8, 4) is 5.75 Å². The molecule has 5 aromatic rings. The van der Waals surface area contributed by atoms with Gasteiger partial charge in [-0.2, -0.15) is 0 Å². The van der Waals surface area contributed by atoms with Gasteiger partial charge in [-0.1, -0.05) is 72.3 Å². The number of benzene rings is 4. The maximum absolute atomic E-state index is 14.9. The van der Waals surface area contributed by atoms with Crippen LogP contribution in [0.5, 0.6) is 5.75 Å². The lowest BCUT2D eigenvalue weighted by atomic mass is 9.83. The molecule has 1 aromatic heterocycles. The van der Waals surface area contributed by atoms with E-state index >= 15 is 0 Å². The van der Waals surface area contributed by atoms with Gasteiger partial charge in [-0.05, 0) is 53.9 Å². The molecule has 7 rings (SSSR count). The monoisotopic (exact) mass is 576 g/mol. The van der Waals surface area contributed by atoms with Gasteiger partial charge in [-0.25, -0.2) is 0 Å². The summed E-state index contributed by atoms with van der Waals surface area (Å²) in [5.74, 6) is -0.273. The average molecular weight is 577 g/mol. The third-order valence-electron chi connectivity index (χ3n) is 8.21. The van der Waals surface area contributed by atoms with Gasteiger partial charge in [-0.15, -0.1) is 0 Å². The van der Waals surface area contributed by atoms with Crippen molar-refractivity contribution < 1.29 is 18.7 Å². The van der Waals surface area contributed by atoms with E-state index in [1.165, 1.54) is 4.90 Å². The molecule has 4 aromatic carbocycles. The zero-order chi connectivity index (χ0) is 29.0. The summed E-state index contributed by atoms with van der Waals surface area (Å²) in [7, 11) is 1.60. The molecule has 0 saturated heterocycles. The summed E-state index contributed by atoms with van der Waals surface area (Å²) in [6, 6.07) is 29.0. The van der Waals surface area contributed by atoms with Crippen molar-refractivity contribution in [1.82, 2.24) is 4.90 Å². The highest BCUT2D eigenvalue weighted by Gasteiger charge is 2.64. The summed E-state index contributed by atoms with van der Waals surface area (Å²) in [5.41, 5.74) is 1.14. The van der Waals surface area contributed by atoms with E-state index in [0.717, 1.165) is 16.9 Å². The van der Waals surface area contributed by atoms with Crippen LogP contribution in [-0.2, 0) is 23.3 Å². The number of para-hydroxylation sites is 2. The minimum atomic E-state index is -1.69. The third-order valence-corrected chi connectivity index (χ3v) is 8.58. The Kier molecular flexibility index (Phi) is 6.13. The van der Waals surface area contributed by atoms with Crippen molar-refractivity contribution in [3.05, 3.63) is 140 Å². The first-order valence-corrected chi connectivity index (χ1v) is 14.0. The molecule has 0 saturated carbocycles. The molecule has 2 aliphatic heterocycles. The van der Waals surface area contributed by atoms with Crippen LogP contribution in [-0.4, -0.2) is 30.4 Å². The number of anilines is 1. The largest absolute Gasteiger partial charge is 0.497 e. The van der Waals surface area contributed by atoms with E-state index in [-0.39, 0.29) is 24.4 Å². The number of methoxy groups -OCH3 is 1. The molecule has 0 N–H and O–H groups in total. The Hall–Kier alpha value is -4.88. The molecule has 2 aliphatic rings. The number of hydrogen-bond acceptors (Lipinski definition) is 5. The lowest BCUT2D eigenvalue weighted by molar-refractivity contribution is -0.126. The molecular weight excluding hydrogens is 552 g/mol. The molecule has 42 heavy (non-hydrogen) atoms. The SMILES string of the molecule is COc1ccc(CCN2C(=O)c3oc4ccccc4c(=O)c3C23C(=O)N(Cc2ccccc2Cl)c2ccccc23)cc1. The number of ether oxygens (including phenoxy) is 1. The van der Waals surface area contributed by atoms with Crippen molar-refractivity contribution in [2.45, 2.75) is 18.5 Å². The fourth-order valence-electron chi connectivity index (χ4n) is 6.22. The molecule has 0 radical (unpaired) electrons. The second-order valence-corrected chi connectivity index (χ2v) is 10.8. The highest BCUT2D eigenvalue weighted by Crippen LogP contribution is 2.53. The third kappa shape index (κ3) is 3.70. The van der Waals surface area contributed by atoms with Gasteiger partial charge in [-0.3, -0.25) is 14.4 Å². The van der Waals surface area contributed by atoms with Gasteiger partial charge < -0.3 is 19.0 Å². The van der Waals surface area contributed by atoms with E-state index in [1.54, 1.807) is 42.3 Å². The number of carbonyl (C=O) groups excluding carboxylic acids is 2. The van der Waals surface area contributed by atoms with E-state index in [0.29, 0.717) is 33.7 Å². The number of nitrogens with zero attached hydrogens (tertiary/aromatic N) is 2. The van der Waals surface area contributed by atoms with Crippen molar-refractivity contribution in [2.75, 3.05) is 18.6 Å². The summed E-state index contributed by atoms with van der Waals surface area (Å²) >= 11 is 6.51. The topological polar surface area (TPSA) is 80.1 Å². The smallest absolute Gasteiger partial charge is 0.291 e. The number of fused-ring (bicyclic) bond motifs is 5. The van der Waals surface area contributed by atoms with Crippen LogP contribution < -0.4 is 15.1 Å². The summed E-state index contributed by atoms with van der Waals surface area (Å²) in [6.07, 6.45) is 0.444. The second-order valence-electron chi connectivity index (χ2n) is 10.4. The summed E-state index contributed by atoms with van der Waals surface area (Å²) in [4.78, 5) is 46.5. The van der Waals surface area contributed by atoms with Gasteiger partial charge in [0.15, 0.2) is 11.0 Å². The predicted molar refractivity (Wildman–Crippen MR) is 160 cm³/mol. The quantitative estimate of drug-likeness (QED) is 0.250. The number of hydrogen-bond donors (Lipinski definition) is 0. The zero-order valence-electron chi connectivity index (χ0n) is 22.7. The van der Waals surface area contributed by atoms with Crippen LogP contribution in [0.25, 0.3) is 11.0 Å².